The molecule has 23 heavy (non-hydrogen) atoms. The van der Waals surface area contributed by atoms with E-state index in [1.807, 2.05) is 0 Å². The summed E-state index contributed by atoms with van der Waals surface area (Å²) in [6.45, 7) is -0.338. The van der Waals surface area contributed by atoms with Crippen LogP contribution in [-0.4, -0.2) is 78.7 Å². The molecule has 136 valence electrons. The lowest BCUT2D eigenvalue weighted by Gasteiger charge is -2.45. The highest BCUT2D eigenvalue weighted by atomic mass is 32.3. The van der Waals surface area contributed by atoms with Crippen LogP contribution in [0.1, 0.15) is 6.92 Å². The van der Waals surface area contributed by atoms with E-state index in [0.717, 1.165) is 6.92 Å². The second-order valence-electron chi connectivity index (χ2n) is 4.63. The first-order valence-electron chi connectivity index (χ1n) is 5.80. The fourth-order valence-electron chi connectivity index (χ4n) is 1.89. The molecule has 0 amide bonds. The van der Waals surface area contributed by atoms with Gasteiger partial charge in [-0.05, 0) is 0 Å². The molecule has 0 radical (unpaired) electrons. The minimum atomic E-state index is -5.15. The maximum Gasteiger partial charge on any atom is 0.397 e. The van der Waals surface area contributed by atoms with E-state index in [0.29, 0.717) is 0 Å². The largest absolute Gasteiger partial charge is 0.397 e. The third-order valence-electron chi connectivity index (χ3n) is 2.97. The summed E-state index contributed by atoms with van der Waals surface area (Å²) in [6, 6.07) is -1.89. The lowest BCUT2D eigenvalue weighted by molar-refractivity contribution is -0.292. The molecule has 1 fully saturated rings. The third-order valence-corrected chi connectivity index (χ3v) is 3.87. The van der Waals surface area contributed by atoms with Gasteiger partial charge >= 0.3 is 20.8 Å². The van der Waals surface area contributed by atoms with Crippen molar-refractivity contribution < 1.29 is 54.1 Å². The highest BCUT2D eigenvalue weighted by Gasteiger charge is 2.56. The van der Waals surface area contributed by atoms with E-state index in [9.17, 15) is 31.8 Å². The zero-order valence-electron chi connectivity index (χ0n) is 11.5. The predicted octanol–water partition coefficient (Wildman–Crippen LogP) is -3.64. The van der Waals surface area contributed by atoms with Gasteiger partial charge < -0.3 is 20.7 Å². The van der Waals surface area contributed by atoms with Gasteiger partial charge in [0.25, 0.3) is 0 Å². The van der Waals surface area contributed by atoms with E-state index in [4.69, 9.17) is 19.6 Å². The average molecular weight is 381 g/mol. The smallest absolute Gasteiger partial charge is 0.388 e. The molecule has 1 rings (SSSR count). The van der Waals surface area contributed by atoms with Crippen LogP contribution in [0.15, 0.2) is 0 Å². The normalized spacial score (nSPS) is 35.9. The van der Waals surface area contributed by atoms with Crippen LogP contribution < -0.4 is 5.73 Å². The average Bonchev–Trinajstić information content (AvgIpc) is 2.35. The number of carbonyl (C=O) groups is 1. The molecule has 1 aliphatic heterocycles. The molecule has 1 aliphatic rings. The second kappa shape index (κ2) is 6.63. The first kappa shape index (κ1) is 20.3. The van der Waals surface area contributed by atoms with Gasteiger partial charge in [-0.2, -0.15) is 16.8 Å². The lowest BCUT2D eigenvalue weighted by atomic mass is 9.89. The molecule has 5 atom stereocenters. The predicted molar refractivity (Wildman–Crippen MR) is 68.4 cm³/mol. The summed E-state index contributed by atoms with van der Waals surface area (Å²) in [7, 11) is -10.2. The van der Waals surface area contributed by atoms with Gasteiger partial charge in [-0.3, -0.25) is 13.9 Å². The van der Waals surface area contributed by atoms with Crippen LogP contribution in [0.5, 0.6) is 0 Å². The number of aliphatic hydroxyl groups is 2. The van der Waals surface area contributed by atoms with Crippen molar-refractivity contribution in [3.8, 4) is 0 Å². The Hall–Kier alpha value is -0.750. The van der Waals surface area contributed by atoms with Crippen LogP contribution >= 0.6 is 0 Å². The van der Waals surface area contributed by atoms with Crippen LogP contribution in [0, 0.1) is 0 Å². The van der Waals surface area contributed by atoms with Crippen molar-refractivity contribution in [2.24, 2.45) is 5.73 Å². The van der Waals surface area contributed by atoms with E-state index < -0.39 is 63.3 Å². The number of ketones is 1. The standard InChI is InChI=1S/C8H15NO12S2/c1-3(10)8(12)7(9)5(11)6(21-23(16,17)18)4(20-8)2-19-22(13,14)15/h4-7,11-12H,2,9H2,1H3,(H,13,14,15)(H,16,17,18)/t4-,5+,6+,7-,8?/m1/s1. The fraction of sp³-hybridized carbons (Fsp3) is 0.875. The molecule has 1 unspecified atom stereocenters. The molecule has 15 heteroatoms. The Kier molecular flexibility index (Phi) is 5.85. The molecule has 13 nitrogen and oxygen atoms in total. The summed E-state index contributed by atoms with van der Waals surface area (Å²) in [4.78, 5) is 11.4. The van der Waals surface area contributed by atoms with Crippen LogP contribution in [0.3, 0.4) is 0 Å². The Morgan fingerprint density at radius 1 is 1.26 bits per heavy atom. The number of hydrogen-bond donors (Lipinski definition) is 5. The highest BCUT2D eigenvalue weighted by Crippen LogP contribution is 2.30. The molecule has 0 bridgehead atoms. The van der Waals surface area contributed by atoms with Gasteiger partial charge in [-0.25, -0.2) is 8.37 Å². The summed E-state index contributed by atoms with van der Waals surface area (Å²) in [5.41, 5.74) is 5.40. The highest BCUT2D eigenvalue weighted by molar-refractivity contribution is 7.81. The zero-order chi connectivity index (χ0) is 18.2. The number of carbonyl (C=O) groups excluding carboxylic acids is 1. The quantitative estimate of drug-likeness (QED) is 0.280. The zero-order valence-corrected chi connectivity index (χ0v) is 13.1. The van der Waals surface area contributed by atoms with Gasteiger partial charge in [0.05, 0.1) is 12.6 Å². The molecule has 6 N–H and O–H groups in total. The Labute approximate surface area is 130 Å². The SMILES string of the molecule is CC(=O)C1(O)O[C@H](COS(=O)(=O)O)[C@H](OS(=O)(=O)O)[C@H](O)[C@H]1N. The van der Waals surface area contributed by atoms with Crippen LogP contribution in [0.4, 0.5) is 0 Å². The summed E-state index contributed by atoms with van der Waals surface area (Å²) in [5, 5.41) is 19.9. The number of rotatable bonds is 6. The van der Waals surface area contributed by atoms with Gasteiger partial charge in [-0.1, -0.05) is 0 Å². The first-order chi connectivity index (χ1) is 10.2. The van der Waals surface area contributed by atoms with Crippen molar-refractivity contribution in [1.82, 2.24) is 0 Å². The number of Topliss-reactive ketones (excluding diaryl/α,β-unsaturated/α-hetero) is 1. The molecule has 1 heterocycles. The van der Waals surface area contributed by atoms with E-state index in [2.05, 4.69) is 8.37 Å². The number of aliphatic hydroxyl groups excluding tert-OH is 1. The van der Waals surface area contributed by atoms with Crippen molar-refractivity contribution in [3.63, 3.8) is 0 Å². The van der Waals surface area contributed by atoms with E-state index >= 15 is 0 Å². The Morgan fingerprint density at radius 2 is 1.78 bits per heavy atom. The summed E-state index contributed by atoms with van der Waals surface area (Å²) >= 11 is 0. The number of ether oxygens (including phenoxy) is 1. The molecular weight excluding hydrogens is 366 g/mol. The monoisotopic (exact) mass is 381 g/mol. The summed E-state index contributed by atoms with van der Waals surface area (Å²) in [6.07, 6.45) is -6.04. The van der Waals surface area contributed by atoms with Gasteiger partial charge in [-0.15, -0.1) is 0 Å². The van der Waals surface area contributed by atoms with Gasteiger partial charge in [0, 0.05) is 6.92 Å². The van der Waals surface area contributed by atoms with Crippen molar-refractivity contribution in [1.29, 1.82) is 0 Å². The van der Waals surface area contributed by atoms with Crippen molar-refractivity contribution in [2.45, 2.75) is 37.1 Å². The topological polar surface area (TPSA) is 220 Å². The van der Waals surface area contributed by atoms with Crippen molar-refractivity contribution >= 4 is 26.6 Å². The molecular formula is C8H15NO12S2. The molecule has 0 aliphatic carbocycles. The van der Waals surface area contributed by atoms with Gasteiger partial charge in [0.1, 0.15) is 18.3 Å². The molecule has 0 saturated carbocycles. The second-order valence-corrected chi connectivity index (χ2v) is 6.77. The molecule has 0 spiro atoms. The first-order valence-corrected chi connectivity index (χ1v) is 8.53. The van der Waals surface area contributed by atoms with E-state index in [-0.39, 0.29) is 0 Å². The Bertz CT molecular complexity index is 659. The Morgan fingerprint density at radius 3 is 2.17 bits per heavy atom. The Balaban J connectivity index is 3.17. The summed E-state index contributed by atoms with van der Waals surface area (Å²) < 4.78 is 72.7. The van der Waals surface area contributed by atoms with Crippen LogP contribution in [0.2, 0.25) is 0 Å². The lowest BCUT2D eigenvalue weighted by Crippen LogP contribution is -2.71. The molecule has 0 aromatic carbocycles. The minimum absolute atomic E-state index is 0.831. The van der Waals surface area contributed by atoms with Crippen LogP contribution in [-0.2, 0) is 38.7 Å². The molecule has 0 aromatic rings. The van der Waals surface area contributed by atoms with Crippen LogP contribution in [0.25, 0.3) is 0 Å². The van der Waals surface area contributed by atoms with Gasteiger partial charge in [0.15, 0.2) is 5.78 Å². The maximum atomic E-state index is 11.4. The maximum absolute atomic E-state index is 11.4. The minimum Gasteiger partial charge on any atom is -0.388 e. The third kappa shape index (κ3) is 5.11. The fourth-order valence-corrected chi connectivity index (χ4v) is 2.72. The van der Waals surface area contributed by atoms with Crippen molar-refractivity contribution in [2.75, 3.05) is 6.61 Å². The van der Waals surface area contributed by atoms with Gasteiger partial charge in [0.2, 0.25) is 5.79 Å². The number of nitrogens with two attached hydrogens (primary N) is 1. The van der Waals surface area contributed by atoms with E-state index in [1.54, 1.807) is 0 Å². The van der Waals surface area contributed by atoms with E-state index in [1.165, 1.54) is 0 Å². The molecule has 1 saturated heterocycles. The number of hydrogen-bond acceptors (Lipinski definition) is 11. The molecule has 0 aromatic heterocycles. The summed E-state index contributed by atoms with van der Waals surface area (Å²) in [5.74, 6) is -3.91. The van der Waals surface area contributed by atoms with Crippen molar-refractivity contribution in [3.05, 3.63) is 0 Å².